The number of hydrogen-bond donors (Lipinski definition) is 0. The van der Waals surface area contributed by atoms with Gasteiger partial charge in [-0.05, 0) is 22.9 Å². The lowest BCUT2D eigenvalue weighted by Crippen LogP contribution is -1.98. The van der Waals surface area contributed by atoms with Crippen LogP contribution in [0.3, 0.4) is 0 Å². The summed E-state index contributed by atoms with van der Waals surface area (Å²) in [4.78, 5) is 0. The molecule has 19 heavy (non-hydrogen) atoms. The van der Waals surface area contributed by atoms with E-state index in [1.54, 1.807) is 18.3 Å². The molecule has 0 aromatic heterocycles. The van der Waals surface area contributed by atoms with Gasteiger partial charge in [0.1, 0.15) is 0 Å². The Bertz CT molecular complexity index is 732. The topological polar surface area (TPSA) is 26.1 Å². The van der Waals surface area contributed by atoms with Gasteiger partial charge in [-0.3, -0.25) is 0 Å². The van der Waals surface area contributed by atoms with Gasteiger partial charge in [0.05, 0.1) is 0 Å². The van der Waals surface area contributed by atoms with E-state index in [1.165, 1.54) is 5.39 Å². The molecule has 0 fully saturated rings. The van der Waals surface area contributed by atoms with Crippen molar-refractivity contribution in [3.8, 4) is 0 Å². The van der Waals surface area contributed by atoms with Crippen molar-refractivity contribution in [3.63, 3.8) is 0 Å². The minimum atomic E-state index is 0.635. The van der Waals surface area contributed by atoms with Gasteiger partial charge in [0, 0.05) is 17.7 Å². The fourth-order valence-electron chi connectivity index (χ4n) is 2.07. The van der Waals surface area contributed by atoms with E-state index in [0.29, 0.717) is 5.69 Å². The van der Waals surface area contributed by atoms with Crippen molar-refractivity contribution in [1.29, 1.82) is 0 Å². The largest absolute Gasteiger partial charge is 0.618 e. The maximum Gasteiger partial charge on any atom is 0.216 e. The van der Waals surface area contributed by atoms with Crippen LogP contribution in [-0.4, -0.2) is 11.0 Å². The summed E-state index contributed by atoms with van der Waals surface area (Å²) in [6, 6.07) is 23.3. The third-order valence-corrected chi connectivity index (χ3v) is 3.05. The van der Waals surface area contributed by atoms with Crippen molar-refractivity contribution in [2.24, 2.45) is 0 Å². The third-order valence-electron chi connectivity index (χ3n) is 3.05. The van der Waals surface area contributed by atoms with Crippen molar-refractivity contribution in [2.45, 2.75) is 0 Å². The maximum atomic E-state index is 12.0. The van der Waals surface area contributed by atoms with Crippen molar-refractivity contribution in [2.75, 3.05) is 0 Å². The molecule has 0 amide bonds. The van der Waals surface area contributed by atoms with Gasteiger partial charge in [0.25, 0.3) is 0 Å². The lowest BCUT2D eigenvalue weighted by molar-refractivity contribution is -0.354. The SMILES string of the molecule is [O-]/[N+](=C\c1ccc2ccccc2c1)c1ccccc1. The van der Waals surface area contributed by atoms with Crippen LogP contribution in [0.1, 0.15) is 5.56 Å². The number of hydrogen-bond acceptors (Lipinski definition) is 1. The average Bonchev–Trinajstić information content (AvgIpc) is 2.48. The van der Waals surface area contributed by atoms with Gasteiger partial charge in [0.15, 0.2) is 6.21 Å². The molecule has 0 radical (unpaired) electrons. The first kappa shape index (κ1) is 11.5. The van der Waals surface area contributed by atoms with Crippen LogP contribution in [0.5, 0.6) is 0 Å². The van der Waals surface area contributed by atoms with Crippen LogP contribution in [0, 0.1) is 5.21 Å². The summed E-state index contributed by atoms with van der Waals surface area (Å²) < 4.78 is 0.893. The van der Waals surface area contributed by atoms with Crippen molar-refractivity contribution in [3.05, 3.63) is 83.6 Å². The minimum absolute atomic E-state index is 0.635. The molecule has 0 heterocycles. The lowest BCUT2D eigenvalue weighted by Gasteiger charge is -2.03. The Morgan fingerprint density at radius 3 is 2.21 bits per heavy atom. The summed E-state index contributed by atoms with van der Waals surface area (Å²) in [6.45, 7) is 0. The number of rotatable bonds is 2. The molecule has 0 atom stereocenters. The standard InChI is InChI=1S/C17H13NO/c19-18(17-8-2-1-3-9-17)13-14-10-11-15-6-4-5-7-16(15)12-14/h1-13H/b18-13-. The molecule has 92 valence electrons. The molecule has 0 unspecified atom stereocenters. The molecule has 0 bridgehead atoms. The van der Waals surface area contributed by atoms with Crippen LogP contribution >= 0.6 is 0 Å². The van der Waals surface area contributed by atoms with Gasteiger partial charge >= 0.3 is 0 Å². The van der Waals surface area contributed by atoms with Crippen molar-refractivity contribution < 1.29 is 4.74 Å². The number of benzene rings is 3. The fourth-order valence-corrected chi connectivity index (χ4v) is 2.07. The van der Waals surface area contributed by atoms with E-state index < -0.39 is 0 Å². The quantitative estimate of drug-likeness (QED) is 0.290. The van der Waals surface area contributed by atoms with E-state index in [9.17, 15) is 5.21 Å². The Morgan fingerprint density at radius 1 is 0.737 bits per heavy atom. The number of para-hydroxylation sites is 1. The molecule has 3 aromatic rings. The Morgan fingerprint density at radius 2 is 1.42 bits per heavy atom. The smallest absolute Gasteiger partial charge is 0.216 e. The Kier molecular flexibility index (Phi) is 2.99. The molecule has 0 aliphatic rings. The van der Waals surface area contributed by atoms with Crippen molar-refractivity contribution >= 4 is 22.7 Å². The van der Waals surface area contributed by atoms with E-state index in [1.807, 2.05) is 54.6 Å². The highest BCUT2D eigenvalue weighted by Crippen LogP contribution is 2.15. The van der Waals surface area contributed by atoms with Gasteiger partial charge in [-0.15, -0.1) is 0 Å². The highest BCUT2D eigenvalue weighted by molar-refractivity contribution is 5.89. The molecule has 0 aliphatic carbocycles. The molecular formula is C17H13NO. The molecular weight excluding hydrogens is 234 g/mol. The van der Waals surface area contributed by atoms with Gasteiger partial charge in [-0.2, -0.15) is 4.74 Å². The van der Waals surface area contributed by atoms with Crippen LogP contribution in [-0.2, 0) is 0 Å². The van der Waals surface area contributed by atoms with Crippen LogP contribution < -0.4 is 0 Å². The molecule has 0 N–H and O–H groups in total. The van der Waals surface area contributed by atoms with Gasteiger partial charge < -0.3 is 5.21 Å². The highest BCUT2D eigenvalue weighted by Gasteiger charge is 2.01. The second-order valence-electron chi connectivity index (χ2n) is 4.40. The first-order valence-electron chi connectivity index (χ1n) is 6.18. The Hall–Kier alpha value is -2.61. The molecule has 0 saturated heterocycles. The molecule has 2 nitrogen and oxygen atoms in total. The van der Waals surface area contributed by atoms with Gasteiger partial charge in [-0.1, -0.05) is 48.5 Å². The van der Waals surface area contributed by atoms with E-state index in [0.717, 1.165) is 15.7 Å². The molecule has 0 aliphatic heterocycles. The average molecular weight is 247 g/mol. The summed E-state index contributed by atoms with van der Waals surface area (Å²) in [5.41, 5.74) is 1.54. The summed E-state index contributed by atoms with van der Waals surface area (Å²) in [7, 11) is 0. The van der Waals surface area contributed by atoms with E-state index in [-0.39, 0.29) is 0 Å². The summed E-state index contributed by atoms with van der Waals surface area (Å²) in [5, 5.41) is 14.3. The monoisotopic (exact) mass is 247 g/mol. The highest BCUT2D eigenvalue weighted by atomic mass is 16.5. The van der Waals surface area contributed by atoms with Gasteiger partial charge in [0.2, 0.25) is 5.69 Å². The summed E-state index contributed by atoms with van der Waals surface area (Å²) in [5.74, 6) is 0. The van der Waals surface area contributed by atoms with Crippen molar-refractivity contribution in [1.82, 2.24) is 0 Å². The third kappa shape index (κ3) is 2.47. The fraction of sp³-hybridized carbons (Fsp3) is 0. The van der Waals surface area contributed by atoms with E-state index in [4.69, 9.17) is 0 Å². The zero-order chi connectivity index (χ0) is 13.1. The second-order valence-corrected chi connectivity index (χ2v) is 4.40. The molecule has 2 heteroatoms. The van der Waals surface area contributed by atoms with Gasteiger partial charge in [-0.25, -0.2) is 0 Å². The van der Waals surface area contributed by atoms with Crippen LogP contribution in [0.4, 0.5) is 5.69 Å². The first-order chi connectivity index (χ1) is 9.33. The minimum Gasteiger partial charge on any atom is -0.618 e. The van der Waals surface area contributed by atoms with Crippen LogP contribution in [0.2, 0.25) is 0 Å². The van der Waals surface area contributed by atoms with E-state index >= 15 is 0 Å². The zero-order valence-corrected chi connectivity index (χ0v) is 10.4. The maximum absolute atomic E-state index is 12.0. The lowest BCUT2D eigenvalue weighted by atomic mass is 10.1. The normalized spacial score (nSPS) is 11.7. The predicted octanol–water partition coefficient (Wildman–Crippen LogP) is 4.10. The molecule has 3 aromatic carbocycles. The molecule has 0 spiro atoms. The summed E-state index contributed by atoms with van der Waals surface area (Å²) in [6.07, 6.45) is 1.60. The van der Waals surface area contributed by atoms with E-state index in [2.05, 4.69) is 6.07 Å². The Labute approximate surface area is 111 Å². The second kappa shape index (κ2) is 4.94. The zero-order valence-electron chi connectivity index (χ0n) is 10.4. The van der Waals surface area contributed by atoms with Crippen LogP contribution in [0.25, 0.3) is 10.8 Å². The molecule has 0 saturated carbocycles. The predicted molar refractivity (Wildman–Crippen MR) is 78.8 cm³/mol. The Balaban J connectivity index is 2.01. The number of fused-ring (bicyclic) bond motifs is 1. The number of nitrogens with zero attached hydrogens (tertiary/aromatic N) is 1. The summed E-state index contributed by atoms with van der Waals surface area (Å²) >= 11 is 0. The molecule has 3 rings (SSSR count). The van der Waals surface area contributed by atoms with Crippen LogP contribution in [0.15, 0.2) is 72.8 Å². The first-order valence-corrected chi connectivity index (χ1v) is 6.18.